The Kier molecular flexibility index (Phi) is 7.42. The SMILES string of the molecule is CCCCOc1ccc(C(=O)NNS(=O)(=O)c2cc(C)ccc2C)cc1OC. The van der Waals surface area contributed by atoms with E-state index in [1.54, 1.807) is 38.1 Å². The summed E-state index contributed by atoms with van der Waals surface area (Å²) < 4.78 is 35.9. The predicted molar refractivity (Wildman–Crippen MR) is 107 cm³/mol. The molecule has 7 nitrogen and oxygen atoms in total. The zero-order valence-corrected chi connectivity index (χ0v) is 17.4. The minimum atomic E-state index is -3.89. The normalized spacial score (nSPS) is 11.1. The molecule has 0 saturated carbocycles. The molecule has 0 fully saturated rings. The summed E-state index contributed by atoms with van der Waals surface area (Å²) in [4.78, 5) is 14.6. The van der Waals surface area contributed by atoms with Crippen molar-refractivity contribution in [2.45, 2.75) is 38.5 Å². The van der Waals surface area contributed by atoms with E-state index in [1.807, 2.05) is 6.07 Å². The molecule has 0 radical (unpaired) electrons. The van der Waals surface area contributed by atoms with Crippen molar-refractivity contribution < 1.29 is 22.7 Å². The van der Waals surface area contributed by atoms with Crippen molar-refractivity contribution in [2.75, 3.05) is 13.7 Å². The van der Waals surface area contributed by atoms with Crippen molar-refractivity contribution in [3.05, 3.63) is 53.1 Å². The zero-order valence-electron chi connectivity index (χ0n) is 16.5. The van der Waals surface area contributed by atoms with Crippen LogP contribution in [0.5, 0.6) is 11.5 Å². The maximum Gasteiger partial charge on any atom is 0.266 e. The lowest BCUT2D eigenvalue weighted by molar-refractivity contribution is 0.0944. The van der Waals surface area contributed by atoms with E-state index in [4.69, 9.17) is 9.47 Å². The summed E-state index contributed by atoms with van der Waals surface area (Å²) in [5, 5.41) is 0. The fourth-order valence-corrected chi connectivity index (χ4v) is 3.66. The van der Waals surface area contributed by atoms with Crippen LogP contribution < -0.4 is 19.7 Å². The van der Waals surface area contributed by atoms with Gasteiger partial charge in [0.2, 0.25) is 0 Å². The number of ether oxygens (including phenoxy) is 2. The molecule has 0 aliphatic heterocycles. The number of hydrogen-bond donors (Lipinski definition) is 2. The van der Waals surface area contributed by atoms with E-state index in [0.29, 0.717) is 23.7 Å². The van der Waals surface area contributed by atoms with Crippen molar-refractivity contribution in [1.29, 1.82) is 0 Å². The molecule has 0 unspecified atom stereocenters. The molecule has 2 N–H and O–H groups in total. The van der Waals surface area contributed by atoms with E-state index in [0.717, 1.165) is 18.4 Å². The number of sulfonamides is 1. The van der Waals surface area contributed by atoms with Gasteiger partial charge in [0.15, 0.2) is 11.5 Å². The molecule has 2 aromatic rings. The summed E-state index contributed by atoms with van der Waals surface area (Å²) in [7, 11) is -2.41. The van der Waals surface area contributed by atoms with Crippen LogP contribution in [0, 0.1) is 13.8 Å². The molecule has 152 valence electrons. The second-order valence-corrected chi connectivity index (χ2v) is 8.05. The summed E-state index contributed by atoms with van der Waals surface area (Å²) >= 11 is 0. The highest BCUT2D eigenvalue weighted by Gasteiger charge is 2.19. The lowest BCUT2D eigenvalue weighted by Gasteiger charge is -2.13. The van der Waals surface area contributed by atoms with Gasteiger partial charge in [-0.15, -0.1) is 4.83 Å². The minimum Gasteiger partial charge on any atom is -0.493 e. The van der Waals surface area contributed by atoms with Crippen LogP contribution in [0.25, 0.3) is 0 Å². The van der Waals surface area contributed by atoms with Crippen LogP contribution in [0.2, 0.25) is 0 Å². The van der Waals surface area contributed by atoms with Gasteiger partial charge in [-0.25, -0.2) is 8.42 Å². The van der Waals surface area contributed by atoms with Crippen molar-refractivity contribution in [1.82, 2.24) is 10.3 Å². The molecule has 0 saturated heterocycles. The zero-order chi connectivity index (χ0) is 20.7. The van der Waals surface area contributed by atoms with Gasteiger partial charge in [0.05, 0.1) is 18.6 Å². The van der Waals surface area contributed by atoms with Crippen molar-refractivity contribution in [3.63, 3.8) is 0 Å². The second kappa shape index (κ2) is 9.57. The number of rotatable bonds is 9. The molecule has 0 aliphatic rings. The number of methoxy groups -OCH3 is 1. The van der Waals surface area contributed by atoms with Gasteiger partial charge in [-0.1, -0.05) is 25.5 Å². The summed E-state index contributed by atoms with van der Waals surface area (Å²) in [6.45, 7) is 6.10. The first-order valence-electron chi connectivity index (χ1n) is 8.98. The van der Waals surface area contributed by atoms with Crippen molar-refractivity contribution >= 4 is 15.9 Å². The largest absolute Gasteiger partial charge is 0.493 e. The molecule has 0 spiro atoms. The third-order valence-electron chi connectivity index (χ3n) is 4.11. The van der Waals surface area contributed by atoms with E-state index >= 15 is 0 Å². The minimum absolute atomic E-state index is 0.116. The predicted octanol–water partition coefficient (Wildman–Crippen LogP) is 3.11. The molecule has 0 aromatic heterocycles. The van der Waals surface area contributed by atoms with Gasteiger partial charge < -0.3 is 9.47 Å². The molecule has 0 atom stereocenters. The Morgan fingerprint density at radius 3 is 2.50 bits per heavy atom. The summed E-state index contributed by atoms with van der Waals surface area (Å²) in [6.07, 6.45) is 1.91. The third-order valence-corrected chi connectivity index (χ3v) is 5.50. The first kappa shape index (κ1) is 21.7. The average molecular weight is 407 g/mol. The van der Waals surface area contributed by atoms with Gasteiger partial charge in [0, 0.05) is 5.56 Å². The fourth-order valence-electron chi connectivity index (χ4n) is 2.49. The van der Waals surface area contributed by atoms with Crippen LogP contribution in [-0.2, 0) is 10.0 Å². The van der Waals surface area contributed by atoms with Crippen LogP contribution in [0.15, 0.2) is 41.3 Å². The first-order valence-corrected chi connectivity index (χ1v) is 10.5. The number of hydrogen-bond acceptors (Lipinski definition) is 5. The Morgan fingerprint density at radius 1 is 1.07 bits per heavy atom. The monoisotopic (exact) mass is 406 g/mol. The molecule has 2 rings (SSSR count). The average Bonchev–Trinajstić information content (AvgIpc) is 2.68. The smallest absolute Gasteiger partial charge is 0.266 e. The number of amides is 1. The number of carbonyl (C=O) groups excluding carboxylic acids is 1. The molecule has 0 heterocycles. The van der Waals surface area contributed by atoms with Crippen LogP contribution in [-0.4, -0.2) is 28.0 Å². The van der Waals surface area contributed by atoms with E-state index < -0.39 is 15.9 Å². The molecule has 28 heavy (non-hydrogen) atoms. The fraction of sp³-hybridized carbons (Fsp3) is 0.350. The number of unbranched alkanes of at least 4 members (excludes halogenated alkanes) is 1. The number of hydrazine groups is 1. The summed E-state index contributed by atoms with van der Waals surface area (Å²) in [5.74, 6) is 0.330. The number of carbonyl (C=O) groups is 1. The third kappa shape index (κ3) is 5.46. The van der Waals surface area contributed by atoms with Gasteiger partial charge in [-0.05, 0) is 55.7 Å². The molecular weight excluding hydrogens is 380 g/mol. The van der Waals surface area contributed by atoms with Crippen molar-refractivity contribution in [2.24, 2.45) is 0 Å². The lowest BCUT2D eigenvalue weighted by atomic mass is 10.2. The summed E-state index contributed by atoms with van der Waals surface area (Å²) in [6, 6.07) is 9.77. The van der Waals surface area contributed by atoms with Gasteiger partial charge >= 0.3 is 0 Å². The number of nitrogens with one attached hydrogen (secondary N) is 2. The quantitative estimate of drug-likeness (QED) is 0.493. The Bertz CT molecular complexity index is 942. The van der Waals surface area contributed by atoms with Crippen LogP contribution >= 0.6 is 0 Å². The number of benzene rings is 2. The Labute approximate surface area is 166 Å². The van der Waals surface area contributed by atoms with Crippen LogP contribution in [0.4, 0.5) is 0 Å². The topological polar surface area (TPSA) is 93.7 Å². The maximum absolute atomic E-state index is 12.5. The molecule has 8 heteroatoms. The highest BCUT2D eigenvalue weighted by atomic mass is 32.2. The van der Waals surface area contributed by atoms with Gasteiger partial charge in [0.1, 0.15) is 0 Å². The number of aryl methyl sites for hydroxylation is 2. The first-order chi connectivity index (χ1) is 13.3. The Balaban J connectivity index is 2.11. The lowest BCUT2D eigenvalue weighted by Crippen LogP contribution is -2.41. The summed E-state index contributed by atoms with van der Waals surface area (Å²) in [5.41, 5.74) is 3.87. The maximum atomic E-state index is 12.5. The molecule has 0 aliphatic carbocycles. The van der Waals surface area contributed by atoms with Crippen molar-refractivity contribution in [3.8, 4) is 11.5 Å². The van der Waals surface area contributed by atoms with Crippen LogP contribution in [0.3, 0.4) is 0 Å². The van der Waals surface area contributed by atoms with Gasteiger partial charge in [-0.2, -0.15) is 0 Å². The van der Waals surface area contributed by atoms with Gasteiger partial charge in [0.25, 0.3) is 15.9 Å². The van der Waals surface area contributed by atoms with E-state index in [1.165, 1.54) is 13.2 Å². The standard InChI is InChI=1S/C20H26N2O5S/c1-5-6-11-27-17-10-9-16(13-18(17)26-4)20(23)21-22-28(24,25)19-12-14(2)7-8-15(19)3/h7-10,12-13,22H,5-6,11H2,1-4H3,(H,21,23). The molecule has 2 aromatic carbocycles. The van der Waals surface area contributed by atoms with Crippen LogP contribution in [0.1, 0.15) is 41.3 Å². The van der Waals surface area contributed by atoms with E-state index in [9.17, 15) is 13.2 Å². The van der Waals surface area contributed by atoms with E-state index in [2.05, 4.69) is 17.2 Å². The highest BCUT2D eigenvalue weighted by molar-refractivity contribution is 7.89. The van der Waals surface area contributed by atoms with Gasteiger partial charge in [-0.3, -0.25) is 10.2 Å². The molecule has 0 bridgehead atoms. The highest BCUT2D eigenvalue weighted by Crippen LogP contribution is 2.28. The Hall–Kier alpha value is -2.58. The van der Waals surface area contributed by atoms with E-state index in [-0.39, 0.29) is 10.5 Å². The Morgan fingerprint density at radius 2 is 1.82 bits per heavy atom. The second-order valence-electron chi connectivity index (χ2n) is 6.40. The molecular formula is C20H26N2O5S. The molecule has 1 amide bonds.